The quantitative estimate of drug-likeness (QED) is 0.135. The van der Waals surface area contributed by atoms with Gasteiger partial charge in [0.25, 0.3) is 5.70 Å². The van der Waals surface area contributed by atoms with Crippen molar-refractivity contribution < 1.29 is 14.5 Å². The van der Waals surface area contributed by atoms with Gasteiger partial charge in [0, 0.05) is 41.5 Å². The minimum Gasteiger partial charge on any atom is -0.461 e. The van der Waals surface area contributed by atoms with Gasteiger partial charge >= 0.3 is 5.97 Å². The largest absolute Gasteiger partial charge is 0.461 e. The molecule has 9 nitrogen and oxygen atoms in total. The fourth-order valence-electron chi connectivity index (χ4n) is 3.71. The predicted octanol–water partition coefficient (Wildman–Crippen LogP) is 4.32. The van der Waals surface area contributed by atoms with Crippen LogP contribution >= 0.6 is 45.8 Å². The zero-order chi connectivity index (χ0) is 24.8. The van der Waals surface area contributed by atoms with Crippen molar-refractivity contribution in [2.45, 2.75) is 13.5 Å². The lowest BCUT2D eigenvalue weighted by Crippen LogP contribution is -2.49. The number of hydrogen-bond acceptors (Lipinski definition) is 8. The Labute approximate surface area is 221 Å². The van der Waals surface area contributed by atoms with Crippen LogP contribution in [0.15, 0.2) is 48.0 Å². The van der Waals surface area contributed by atoms with E-state index >= 15 is 0 Å². The third kappa shape index (κ3) is 6.94. The first-order valence-corrected chi connectivity index (χ1v) is 12.3. The van der Waals surface area contributed by atoms with Crippen molar-refractivity contribution in [3.63, 3.8) is 0 Å². The minimum atomic E-state index is -0.481. The summed E-state index contributed by atoms with van der Waals surface area (Å²) in [6, 6.07) is 8.55. The van der Waals surface area contributed by atoms with E-state index in [0.29, 0.717) is 47.9 Å². The van der Waals surface area contributed by atoms with Crippen LogP contribution in [0.25, 0.3) is 0 Å². The normalized spacial score (nSPS) is 14.3. The van der Waals surface area contributed by atoms with Crippen LogP contribution in [0.4, 0.5) is 0 Å². The highest BCUT2D eigenvalue weighted by Crippen LogP contribution is 2.24. The molecule has 0 saturated carbocycles. The molecule has 0 radical (unpaired) electrons. The molecule has 1 aliphatic heterocycles. The Morgan fingerprint density at radius 2 is 2.09 bits per heavy atom. The molecule has 2 heterocycles. The Hall–Kier alpha value is -2.15. The van der Waals surface area contributed by atoms with Crippen LogP contribution in [0.3, 0.4) is 0 Å². The van der Waals surface area contributed by atoms with Crippen LogP contribution in [-0.4, -0.2) is 70.5 Å². The van der Waals surface area contributed by atoms with Crippen molar-refractivity contribution in [1.29, 1.82) is 0 Å². The summed E-state index contributed by atoms with van der Waals surface area (Å²) in [6.07, 6.45) is 1.67. The second kappa shape index (κ2) is 12.0. The van der Waals surface area contributed by atoms with Gasteiger partial charge in [-0.2, -0.15) is 0 Å². The molecule has 0 aliphatic carbocycles. The fourth-order valence-corrected chi connectivity index (χ4v) is 4.91. The van der Waals surface area contributed by atoms with Gasteiger partial charge in [0.2, 0.25) is 0 Å². The maximum absolute atomic E-state index is 12.4. The maximum atomic E-state index is 12.4. The second-order valence-corrected chi connectivity index (χ2v) is 9.79. The van der Waals surface area contributed by atoms with Crippen molar-refractivity contribution in [3.05, 3.63) is 83.0 Å². The van der Waals surface area contributed by atoms with Crippen LogP contribution in [0, 0.1) is 13.7 Å². The van der Waals surface area contributed by atoms with Crippen LogP contribution in [0.2, 0.25) is 10.2 Å². The standard InChI is InChI=1S/C22H24Cl2IN5O4/c1-3-29(12-15-4-5-20(24)26-11-15)21-19(30(32)33)13-28(14-27(21)2)6-7-34-22(31)16-8-17(23)10-18(25)9-16/h4-5,8-11H,3,6-7,12-14H2,1-2H3. The average molecular weight is 620 g/mol. The number of nitrogens with zero attached hydrogens (tertiary/aromatic N) is 5. The summed E-state index contributed by atoms with van der Waals surface area (Å²) in [5.74, 6) is 0.0782. The van der Waals surface area contributed by atoms with E-state index in [-0.39, 0.29) is 23.8 Å². The summed E-state index contributed by atoms with van der Waals surface area (Å²) in [5, 5.41) is 12.8. The van der Waals surface area contributed by atoms with Crippen molar-refractivity contribution in [2.24, 2.45) is 0 Å². The van der Waals surface area contributed by atoms with E-state index in [1.807, 2.05) is 34.7 Å². The Bertz CT molecular complexity index is 1060. The first-order chi connectivity index (χ1) is 16.2. The molecule has 182 valence electrons. The molecule has 1 aromatic heterocycles. The Morgan fingerprint density at radius 1 is 1.32 bits per heavy atom. The number of ether oxygens (including phenoxy) is 1. The lowest BCUT2D eigenvalue weighted by Gasteiger charge is -2.39. The first kappa shape index (κ1) is 26.5. The van der Waals surface area contributed by atoms with E-state index in [0.717, 1.165) is 9.13 Å². The molecular weight excluding hydrogens is 596 g/mol. The molecule has 2 aromatic rings. The fraction of sp³-hybridized carbons (Fsp3) is 0.364. The Balaban J connectivity index is 1.67. The summed E-state index contributed by atoms with van der Waals surface area (Å²) in [6.45, 7) is 4.03. The van der Waals surface area contributed by atoms with Gasteiger partial charge in [-0.05, 0) is 59.3 Å². The van der Waals surface area contributed by atoms with Gasteiger partial charge in [-0.1, -0.05) is 29.3 Å². The molecule has 1 aromatic carbocycles. The molecule has 0 spiro atoms. The summed E-state index contributed by atoms with van der Waals surface area (Å²) < 4.78 is 6.21. The van der Waals surface area contributed by atoms with Gasteiger partial charge in [-0.25, -0.2) is 9.78 Å². The molecule has 34 heavy (non-hydrogen) atoms. The van der Waals surface area contributed by atoms with E-state index in [2.05, 4.69) is 27.6 Å². The predicted molar refractivity (Wildman–Crippen MR) is 138 cm³/mol. The van der Waals surface area contributed by atoms with Crippen molar-refractivity contribution in [3.8, 4) is 0 Å². The van der Waals surface area contributed by atoms with Crippen LogP contribution in [-0.2, 0) is 11.3 Å². The average Bonchev–Trinajstić information content (AvgIpc) is 2.78. The topological polar surface area (TPSA) is 92.0 Å². The Kier molecular flexibility index (Phi) is 9.34. The van der Waals surface area contributed by atoms with Crippen LogP contribution in [0.5, 0.6) is 0 Å². The van der Waals surface area contributed by atoms with Crippen molar-refractivity contribution >= 4 is 51.8 Å². The number of hydrogen-bond donors (Lipinski definition) is 0. The summed E-state index contributed by atoms with van der Waals surface area (Å²) in [5.41, 5.74) is 1.37. The van der Waals surface area contributed by atoms with E-state index in [1.165, 1.54) is 0 Å². The number of halogens is 3. The second-order valence-electron chi connectivity index (χ2n) is 7.72. The van der Waals surface area contributed by atoms with Gasteiger partial charge < -0.3 is 14.5 Å². The third-order valence-electron chi connectivity index (χ3n) is 5.21. The molecule has 0 N–H and O–H groups in total. The molecule has 1 aliphatic rings. The van der Waals surface area contributed by atoms with Crippen molar-refractivity contribution in [1.82, 2.24) is 19.7 Å². The van der Waals surface area contributed by atoms with Crippen LogP contribution in [0.1, 0.15) is 22.8 Å². The van der Waals surface area contributed by atoms with E-state index in [1.54, 1.807) is 30.5 Å². The highest BCUT2D eigenvalue weighted by atomic mass is 127. The molecule has 0 unspecified atom stereocenters. The highest BCUT2D eigenvalue weighted by molar-refractivity contribution is 14.1. The number of rotatable bonds is 9. The maximum Gasteiger partial charge on any atom is 0.338 e. The zero-order valence-corrected chi connectivity index (χ0v) is 22.4. The number of esters is 1. The minimum absolute atomic E-state index is 0.0910. The summed E-state index contributed by atoms with van der Waals surface area (Å²) in [4.78, 5) is 33.7. The van der Waals surface area contributed by atoms with Gasteiger partial charge in [0.05, 0.1) is 23.7 Å². The molecule has 0 fully saturated rings. The van der Waals surface area contributed by atoms with Gasteiger partial charge in [-0.15, -0.1) is 0 Å². The van der Waals surface area contributed by atoms with Gasteiger partial charge in [0.1, 0.15) is 11.8 Å². The number of carbonyl (C=O) groups is 1. The lowest BCUT2D eigenvalue weighted by molar-refractivity contribution is -0.433. The van der Waals surface area contributed by atoms with Crippen LogP contribution < -0.4 is 0 Å². The smallest absolute Gasteiger partial charge is 0.338 e. The van der Waals surface area contributed by atoms with Gasteiger partial charge in [-0.3, -0.25) is 15.0 Å². The summed E-state index contributed by atoms with van der Waals surface area (Å²) in [7, 11) is 1.81. The number of benzene rings is 1. The molecule has 3 rings (SSSR count). The number of pyridine rings is 1. The molecule has 0 bridgehead atoms. The Morgan fingerprint density at radius 3 is 2.71 bits per heavy atom. The molecular formula is C22H24Cl2IN5O4. The monoisotopic (exact) mass is 619 g/mol. The molecule has 0 atom stereocenters. The highest BCUT2D eigenvalue weighted by Gasteiger charge is 2.33. The zero-order valence-electron chi connectivity index (χ0n) is 18.7. The number of carbonyl (C=O) groups excluding carboxylic acids is 1. The molecule has 12 heteroatoms. The number of nitro groups is 1. The molecule has 0 saturated heterocycles. The summed E-state index contributed by atoms with van der Waals surface area (Å²) >= 11 is 14.0. The van der Waals surface area contributed by atoms with E-state index < -0.39 is 5.97 Å². The lowest BCUT2D eigenvalue weighted by atomic mass is 10.2. The first-order valence-electron chi connectivity index (χ1n) is 10.5. The van der Waals surface area contributed by atoms with E-state index in [9.17, 15) is 14.9 Å². The third-order valence-corrected chi connectivity index (χ3v) is 6.27. The van der Waals surface area contributed by atoms with E-state index in [4.69, 9.17) is 27.9 Å². The SMILES string of the molecule is CCN(Cc1ccc(Cl)nc1)C1=C([N+](=O)[O-])CN(CCOC(=O)c2cc(Cl)cc(I)c2)CN1C. The van der Waals surface area contributed by atoms with Crippen molar-refractivity contribution in [2.75, 3.05) is 40.0 Å². The van der Waals surface area contributed by atoms with Gasteiger partial charge in [0.15, 0.2) is 5.82 Å². The number of aromatic nitrogens is 1. The molecule has 0 amide bonds.